The van der Waals surface area contributed by atoms with Crippen molar-refractivity contribution in [3.63, 3.8) is 0 Å². The first-order valence-corrected chi connectivity index (χ1v) is 7.56. The highest BCUT2D eigenvalue weighted by atomic mass is 32.2. The fourth-order valence-corrected chi connectivity index (χ4v) is 2.90. The first kappa shape index (κ1) is 15.0. The van der Waals surface area contributed by atoms with Crippen molar-refractivity contribution in [3.8, 4) is 0 Å². The van der Waals surface area contributed by atoms with Crippen LogP contribution in [-0.4, -0.2) is 36.4 Å². The minimum atomic E-state index is -3.86. The van der Waals surface area contributed by atoms with Crippen LogP contribution in [0.1, 0.15) is 5.56 Å². The number of likely N-dealkylation sites (N-methyl/N-ethyl adjacent to an activating group) is 1. The maximum atomic E-state index is 12.4. The van der Waals surface area contributed by atoms with Crippen LogP contribution in [-0.2, 0) is 21.2 Å². The Morgan fingerprint density at radius 2 is 1.95 bits per heavy atom. The van der Waals surface area contributed by atoms with Crippen LogP contribution in [0.3, 0.4) is 0 Å². The molecule has 1 aromatic heterocycles. The molecule has 2 rings (SSSR count). The zero-order chi connectivity index (χ0) is 15.6. The lowest BCUT2D eigenvalue weighted by molar-refractivity contribution is -0.121. The van der Waals surface area contributed by atoms with Crippen molar-refractivity contribution >= 4 is 21.6 Å². The fraction of sp³-hybridized carbons (Fsp3) is 0.250. The Morgan fingerprint density at radius 1 is 1.33 bits per heavy atom. The quantitative estimate of drug-likeness (QED) is 0.803. The molecule has 0 aliphatic carbocycles. The largest absolute Gasteiger partial charge is 0.381 e. The number of sulfone groups is 1. The molecule has 0 saturated carbocycles. The molecule has 0 fully saturated rings. The summed E-state index contributed by atoms with van der Waals surface area (Å²) in [5.74, 6) is -0.523. The van der Waals surface area contributed by atoms with E-state index in [2.05, 4.69) is 15.6 Å². The van der Waals surface area contributed by atoms with Crippen molar-refractivity contribution in [3.05, 3.63) is 29.8 Å². The van der Waals surface area contributed by atoms with Crippen LogP contribution in [0, 0.1) is 6.92 Å². The molecule has 0 aliphatic heterocycles. The molecule has 9 heteroatoms. The van der Waals surface area contributed by atoms with Gasteiger partial charge in [0, 0.05) is 7.05 Å². The van der Waals surface area contributed by atoms with E-state index in [4.69, 9.17) is 5.73 Å². The number of aromatic nitrogens is 3. The van der Waals surface area contributed by atoms with E-state index >= 15 is 0 Å². The zero-order valence-corrected chi connectivity index (χ0v) is 12.4. The number of amides is 1. The van der Waals surface area contributed by atoms with Crippen LogP contribution in [0.25, 0.3) is 0 Å². The molecule has 1 heterocycles. The number of benzene rings is 1. The molecule has 0 saturated heterocycles. The van der Waals surface area contributed by atoms with E-state index in [1.807, 2.05) is 6.92 Å². The van der Waals surface area contributed by atoms with Gasteiger partial charge in [0.15, 0.2) is 5.82 Å². The summed E-state index contributed by atoms with van der Waals surface area (Å²) in [4.78, 5) is 11.4. The Hall–Kier alpha value is -2.42. The number of nitrogens with zero attached hydrogens (tertiary/aromatic N) is 3. The molecule has 1 aromatic carbocycles. The topological polar surface area (TPSA) is 120 Å². The molecule has 0 radical (unpaired) electrons. The second kappa shape index (κ2) is 5.52. The molecule has 0 bridgehead atoms. The lowest BCUT2D eigenvalue weighted by Crippen LogP contribution is -2.25. The van der Waals surface area contributed by atoms with Gasteiger partial charge in [-0.25, -0.2) is 13.1 Å². The van der Waals surface area contributed by atoms with Gasteiger partial charge >= 0.3 is 0 Å². The monoisotopic (exact) mass is 309 g/mol. The number of nitrogens with one attached hydrogen (secondary N) is 1. The summed E-state index contributed by atoms with van der Waals surface area (Å²) < 4.78 is 25.9. The Labute approximate surface area is 121 Å². The molecule has 1 amide bonds. The number of carbonyl (C=O) groups excluding carboxylic acids is 1. The van der Waals surface area contributed by atoms with Crippen molar-refractivity contribution in [2.45, 2.75) is 23.4 Å². The Morgan fingerprint density at radius 3 is 2.52 bits per heavy atom. The third-order valence-corrected chi connectivity index (χ3v) is 4.59. The zero-order valence-electron chi connectivity index (χ0n) is 11.6. The maximum absolute atomic E-state index is 12.4. The first-order chi connectivity index (χ1) is 9.86. The maximum Gasteiger partial charge on any atom is 0.241 e. The Balaban J connectivity index is 2.42. The van der Waals surface area contributed by atoms with Crippen molar-refractivity contribution in [2.75, 3.05) is 12.8 Å². The number of nitrogen functional groups attached to an aromatic ring is 1. The number of nitrogens with two attached hydrogens (primary N) is 1. The van der Waals surface area contributed by atoms with E-state index in [0.717, 1.165) is 10.2 Å². The predicted octanol–water partition coefficient (Wildman–Crippen LogP) is -0.252. The standard InChI is InChI=1S/C12H15N5O3S/c1-8-3-5-9(6-4-8)21(19,20)12-11(13)17(16-15-12)7-10(18)14-2/h3-6H,7,13H2,1-2H3,(H,14,18). The van der Waals surface area contributed by atoms with Gasteiger partial charge in [-0.2, -0.15) is 0 Å². The molecule has 0 spiro atoms. The molecule has 3 N–H and O–H groups in total. The van der Waals surface area contributed by atoms with Gasteiger partial charge in [0.1, 0.15) is 6.54 Å². The van der Waals surface area contributed by atoms with Gasteiger partial charge in [0.2, 0.25) is 20.8 Å². The van der Waals surface area contributed by atoms with Crippen LogP contribution in [0.5, 0.6) is 0 Å². The average Bonchev–Trinajstić information content (AvgIpc) is 2.81. The average molecular weight is 309 g/mol. The van der Waals surface area contributed by atoms with Gasteiger partial charge in [0.25, 0.3) is 0 Å². The molecule has 2 aromatic rings. The second-order valence-electron chi connectivity index (χ2n) is 4.43. The van der Waals surface area contributed by atoms with E-state index in [1.54, 1.807) is 12.1 Å². The Kier molecular flexibility index (Phi) is 3.94. The lowest BCUT2D eigenvalue weighted by atomic mass is 10.2. The summed E-state index contributed by atoms with van der Waals surface area (Å²) in [6, 6.07) is 6.31. The summed E-state index contributed by atoms with van der Waals surface area (Å²) in [6.45, 7) is 1.66. The number of hydrogen-bond acceptors (Lipinski definition) is 6. The van der Waals surface area contributed by atoms with Crippen LogP contribution < -0.4 is 11.1 Å². The van der Waals surface area contributed by atoms with Gasteiger partial charge in [-0.05, 0) is 19.1 Å². The number of aryl methyl sites for hydroxylation is 1. The summed E-state index contributed by atoms with van der Waals surface area (Å²) in [5, 5.41) is 9.25. The van der Waals surface area contributed by atoms with Gasteiger partial charge in [0.05, 0.1) is 4.90 Å². The number of carbonyl (C=O) groups is 1. The molecular weight excluding hydrogens is 294 g/mol. The number of hydrogen-bond donors (Lipinski definition) is 2. The van der Waals surface area contributed by atoms with Gasteiger partial charge in [-0.15, -0.1) is 5.10 Å². The minimum Gasteiger partial charge on any atom is -0.381 e. The summed E-state index contributed by atoms with van der Waals surface area (Å²) in [7, 11) is -2.40. The predicted molar refractivity (Wildman–Crippen MR) is 75.1 cm³/mol. The van der Waals surface area contributed by atoms with E-state index in [-0.39, 0.29) is 28.2 Å². The SMILES string of the molecule is CNC(=O)Cn1nnc(S(=O)(=O)c2ccc(C)cc2)c1N. The van der Waals surface area contributed by atoms with Crippen LogP contribution in [0.2, 0.25) is 0 Å². The minimum absolute atomic E-state index is 0.0757. The van der Waals surface area contributed by atoms with E-state index in [0.29, 0.717) is 0 Å². The van der Waals surface area contributed by atoms with Crippen LogP contribution in [0.15, 0.2) is 34.2 Å². The highest BCUT2D eigenvalue weighted by Crippen LogP contribution is 2.23. The molecule has 112 valence electrons. The van der Waals surface area contributed by atoms with Crippen molar-refractivity contribution in [1.29, 1.82) is 0 Å². The summed E-state index contributed by atoms with van der Waals surface area (Å²) in [6.07, 6.45) is 0. The lowest BCUT2D eigenvalue weighted by Gasteiger charge is -2.04. The van der Waals surface area contributed by atoms with E-state index in [9.17, 15) is 13.2 Å². The number of anilines is 1. The smallest absolute Gasteiger partial charge is 0.241 e. The summed E-state index contributed by atoms with van der Waals surface area (Å²) in [5.41, 5.74) is 6.67. The van der Waals surface area contributed by atoms with E-state index < -0.39 is 9.84 Å². The first-order valence-electron chi connectivity index (χ1n) is 6.07. The molecule has 0 aliphatic rings. The normalized spacial score (nSPS) is 11.3. The van der Waals surface area contributed by atoms with Crippen molar-refractivity contribution < 1.29 is 13.2 Å². The van der Waals surface area contributed by atoms with E-state index in [1.165, 1.54) is 19.2 Å². The van der Waals surface area contributed by atoms with Gasteiger partial charge in [-0.3, -0.25) is 4.79 Å². The highest BCUT2D eigenvalue weighted by molar-refractivity contribution is 7.91. The van der Waals surface area contributed by atoms with Crippen LogP contribution in [0.4, 0.5) is 5.82 Å². The summed E-state index contributed by atoms with van der Waals surface area (Å²) >= 11 is 0. The van der Waals surface area contributed by atoms with Crippen LogP contribution >= 0.6 is 0 Å². The Bertz CT molecular complexity index is 765. The second-order valence-corrected chi connectivity index (χ2v) is 6.29. The highest BCUT2D eigenvalue weighted by Gasteiger charge is 2.26. The number of rotatable bonds is 4. The molecule has 21 heavy (non-hydrogen) atoms. The van der Waals surface area contributed by atoms with Gasteiger partial charge in [-0.1, -0.05) is 22.9 Å². The molecule has 0 unspecified atom stereocenters. The fourth-order valence-electron chi connectivity index (χ4n) is 1.66. The third-order valence-electron chi connectivity index (χ3n) is 2.90. The molecular formula is C12H15N5O3S. The van der Waals surface area contributed by atoms with Gasteiger partial charge < -0.3 is 11.1 Å². The third kappa shape index (κ3) is 2.87. The molecule has 0 atom stereocenters. The molecule has 8 nitrogen and oxygen atoms in total. The van der Waals surface area contributed by atoms with Crippen molar-refractivity contribution in [1.82, 2.24) is 20.3 Å². The van der Waals surface area contributed by atoms with Crippen molar-refractivity contribution in [2.24, 2.45) is 0 Å².